The molecule has 18 heavy (non-hydrogen) atoms. The molecule has 0 aliphatic carbocycles. The molecule has 94 valence electrons. The van der Waals surface area contributed by atoms with E-state index in [0.29, 0.717) is 0 Å². The number of hydrogen-bond donors (Lipinski definition) is 1. The molecule has 2 aromatic carbocycles. The number of hydrogen-bond acceptors (Lipinski definition) is 2. The Morgan fingerprint density at radius 3 is 2.89 bits per heavy atom. The molecule has 1 heterocycles. The SMILES string of the molecule is O=S1CCCNC(c2cccc3ccccc23)C1. The average molecular weight is 259 g/mol. The van der Waals surface area contributed by atoms with Crippen molar-refractivity contribution in [3.63, 3.8) is 0 Å². The zero-order valence-electron chi connectivity index (χ0n) is 10.3. The molecule has 2 unspecified atom stereocenters. The van der Waals surface area contributed by atoms with Gasteiger partial charge in [0.15, 0.2) is 0 Å². The van der Waals surface area contributed by atoms with Crippen LogP contribution in [0.15, 0.2) is 42.5 Å². The van der Waals surface area contributed by atoms with E-state index in [2.05, 4.69) is 47.8 Å². The zero-order valence-corrected chi connectivity index (χ0v) is 11.1. The molecule has 2 aromatic rings. The summed E-state index contributed by atoms with van der Waals surface area (Å²) in [7, 11) is -0.694. The molecule has 0 spiro atoms. The van der Waals surface area contributed by atoms with Gasteiger partial charge in [-0.2, -0.15) is 0 Å². The van der Waals surface area contributed by atoms with Crippen LogP contribution in [0.1, 0.15) is 18.0 Å². The Kier molecular flexibility index (Phi) is 3.43. The van der Waals surface area contributed by atoms with Crippen LogP contribution in [-0.4, -0.2) is 22.3 Å². The lowest BCUT2D eigenvalue weighted by molar-refractivity contribution is 0.590. The summed E-state index contributed by atoms with van der Waals surface area (Å²) in [4.78, 5) is 0. The second kappa shape index (κ2) is 5.21. The molecular formula is C15H17NOS. The third-order valence-electron chi connectivity index (χ3n) is 3.49. The second-order valence-electron chi connectivity index (χ2n) is 4.74. The lowest BCUT2D eigenvalue weighted by atomic mass is 9.99. The summed E-state index contributed by atoms with van der Waals surface area (Å²) in [6.45, 7) is 0.958. The Hall–Kier alpha value is -1.19. The van der Waals surface area contributed by atoms with E-state index in [1.165, 1.54) is 16.3 Å². The van der Waals surface area contributed by atoms with Gasteiger partial charge in [0.25, 0.3) is 0 Å². The highest BCUT2D eigenvalue weighted by Gasteiger charge is 2.19. The van der Waals surface area contributed by atoms with Crippen molar-refractivity contribution < 1.29 is 4.21 Å². The van der Waals surface area contributed by atoms with Crippen molar-refractivity contribution in [3.8, 4) is 0 Å². The van der Waals surface area contributed by atoms with E-state index in [9.17, 15) is 4.21 Å². The minimum Gasteiger partial charge on any atom is -0.309 e. The van der Waals surface area contributed by atoms with Gasteiger partial charge in [-0.1, -0.05) is 42.5 Å². The number of rotatable bonds is 1. The van der Waals surface area contributed by atoms with Crippen LogP contribution >= 0.6 is 0 Å². The third kappa shape index (κ3) is 2.33. The van der Waals surface area contributed by atoms with Gasteiger partial charge in [0.2, 0.25) is 0 Å². The Morgan fingerprint density at radius 1 is 1.11 bits per heavy atom. The first-order valence-electron chi connectivity index (χ1n) is 6.40. The summed E-state index contributed by atoms with van der Waals surface area (Å²) in [6.07, 6.45) is 1.01. The van der Waals surface area contributed by atoms with Crippen molar-refractivity contribution in [2.45, 2.75) is 12.5 Å². The maximum absolute atomic E-state index is 11.9. The molecule has 3 rings (SSSR count). The molecule has 0 saturated carbocycles. The van der Waals surface area contributed by atoms with Gasteiger partial charge in [-0.15, -0.1) is 0 Å². The van der Waals surface area contributed by atoms with Crippen molar-refractivity contribution in [2.75, 3.05) is 18.1 Å². The molecule has 1 saturated heterocycles. The average Bonchev–Trinajstić information content (AvgIpc) is 2.63. The molecule has 2 atom stereocenters. The van der Waals surface area contributed by atoms with Gasteiger partial charge >= 0.3 is 0 Å². The highest BCUT2D eigenvalue weighted by Crippen LogP contribution is 2.25. The normalized spacial score (nSPS) is 24.9. The molecule has 0 radical (unpaired) electrons. The summed E-state index contributed by atoms with van der Waals surface area (Å²) in [5.41, 5.74) is 1.28. The van der Waals surface area contributed by atoms with Crippen LogP contribution in [0.2, 0.25) is 0 Å². The summed E-state index contributed by atoms with van der Waals surface area (Å²) in [5, 5.41) is 6.06. The van der Waals surface area contributed by atoms with E-state index >= 15 is 0 Å². The predicted octanol–water partition coefficient (Wildman–Crippen LogP) is 2.62. The van der Waals surface area contributed by atoms with Crippen molar-refractivity contribution >= 4 is 21.6 Å². The monoisotopic (exact) mass is 259 g/mol. The Morgan fingerprint density at radius 2 is 1.94 bits per heavy atom. The topological polar surface area (TPSA) is 29.1 Å². The van der Waals surface area contributed by atoms with Gasteiger partial charge in [-0.3, -0.25) is 4.21 Å². The predicted molar refractivity (Wildman–Crippen MR) is 77.2 cm³/mol. The van der Waals surface area contributed by atoms with Gasteiger partial charge < -0.3 is 5.32 Å². The third-order valence-corrected chi connectivity index (χ3v) is 4.94. The zero-order chi connectivity index (χ0) is 12.4. The minimum atomic E-state index is -0.694. The van der Waals surface area contributed by atoms with Crippen molar-refractivity contribution in [2.24, 2.45) is 0 Å². The van der Waals surface area contributed by atoms with Crippen LogP contribution in [0.3, 0.4) is 0 Å². The van der Waals surface area contributed by atoms with E-state index in [1.54, 1.807) is 0 Å². The summed E-state index contributed by atoms with van der Waals surface area (Å²) < 4.78 is 11.9. The fraction of sp³-hybridized carbons (Fsp3) is 0.333. The Balaban J connectivity index is 2.05. The van der Waals surface area contributed by atoms with E-state index < -0.39 is 10.8 Å². The largest absolute Gasteiger partial charge is 0.309 e. The van der Waals surface area contributed by atoms with Crippen LogP contribution in [-0.2, 0) is 10.8 Å². The van der Waals surface area contributed by atoms with Crippen molar-refractivity contribution in [3.05, 3.63) is 48.0 Å². The summed E-state index contributed by atoms with van der Waals surface area (Å²) in [6, 6.07) is 15.0. The molecule has 1 N–H and O–H groups in total. The molecule has 2 nitrogen and oxygen atoms in total. The van der Waals surface area contributed by atoms with Crippen LogP contribution in [0.4, 0.5) is 0 Å². The number of fused-ring (bicyclic) bond motifs is 1. The lowest BCUT2D eigenvalue weighted by Crippen LogP contribution is -2.24. The highest BCUT2D eigenvalue weighted by molar-refractivity contribution is 7.85. The van der Waals surface area contributed by atoms with E-state index in [-0.39, 0.29) is 6.04 Å². The molecule has 1 aliphatic rings. The lowest BCUT2D eigenvalue weighted by Gasteiger charge is -2.17. The first-order valence-corrected chi connectivity index (χ1v) is 7.89. The van der Waals surface area contributed by atoms with Gasteiger partial charge in [-0.25, -0.2) is 0 Å². The maximum atomic E-state index is 11.9. The van der Waals surface area contributed by atoms with Crippen LogP contribution in [0.25, 0.3) is 10.8 Å². The first kappa shape index (κ1) is 11.9. The molecule has 1 fully saturated rings. The van der Waals surface area contributed by atoms with E-state index in [4.69, 9.17) is 0 Å². The highest BCUT2D eigenvalue weighted by atomic mass is 32.2. The van der Waals surface area contributed by atoms with Gasteiger partial charge in [0.1, 0.15) is 0 Å². The first-order chi connectivity index (χ1) is 8.84. The Bertz CT molecular complexity index is 576. The molecule has 0 aromatic heterocycles. The molecular weight excluding hydrogens is 242 g/mol. The van der Waals surface area contributed by atoms with Crippen LogP contribution in [0, 0.1) is 0 Å². The second-order valence-corrected chi connectivity index (χ2v) is 6.36. The Labute approximate surface area is 110 Å². The summed E-state index contributed by atoms with van der Waals surface area (Å²) >= 11 is 0. The van der Waals surface area contributed by atoms with E-state index in [1.807, 2.05) is 0 Å². The van der Waals surface area contributed by atoms with Crippen molar-refractivity contribution in [1.82, 2.24) is 5.32 Å². The van der Waals surface area contributed by atoms with Crippen LogP contribution < -0.4 is 5.32 Å². The standard InChI is InChI=1S/C15H17NOS/c17-18-10-4-9-16-15(11-18)14-8-3-6-12-5-1-2-7-13(12)14/h1-3,5-8,15-16H,4,9-11H2. The quantitative estimate of drug-likeness (QED) is 0.853. The number of nitrogens with one attached hydrogen (secondary N) is 1. The molecule has 0 amide bonds. The summed E-state index contributed by atoms with van der Waals surface area (Å²) in [5.74, 6) is 1.56. The minimum absolute atomic E-state index is 0.222. The van der Waals surface area contributed by atoms with Gasteiger partial charge in [0.05, 0.1) is 0 Å². The smallest absolute Gasteiger partial charge is 0.0443 e. The van der Waals surface area contributed by atoms with E-state index in [0.717, 1.165) is 24.5 Å². The van der Waals surface area contributed by atoms with Crippen LogP contribution in [0.5, 0.6) is 0 Å². The fourth-order valence-corrected chi connectivity index (χ4v) is 3.89. The fourth-order valence-electron chi connectivity index (χ4n) is 2.59. The molecule has 0 bridgehead atoms. The van der Waals surface area contributed by atoms with Gasteiger partial charge in [0, 0.05) is 28.3 Å². The maximum Gasteiger partial charge on any atom is 0.0443 e. The molecule has 1 aliphatic heterocycles. The van der Waals surface area contributed by atoms with Crippen molar-refractivity contribution in [1.29, 1.82) is 0 Å². The molecule has 3 heteroatoms. The van der Waals surface area contributed by atoms with Gasteiger partial charge in [-0.05, 0) is 29.3 Å². The number of benzene rings is 2.